The third kappa shape index (κ3) is 2.83. The number of benzene rings is 1. The Morgan fingerprint density at radius 3 is 3.00 bits per heavy atom. The van der Waals surface area contributed by atoms with Gasteiger partial charge in [0.05, 0.1) is 0 Å². The van der Waals surface area contributed by atoms with Crippen LogP contribution in [0.2, 0.25) is 0 Å². The summed E-state index contributed by atoms with van der Waals surface area (Å²) < 4.78 is 22.0. The fourth-order valence-corrected chi connectivity index (χ4v) is 2.31. The van der Waals surface area contributed by atoms with Crippen molar-refractivity contribution in [3.05, 3.63) is 35.9 Å². The average Bonchev–Trinajstić information content (AvgIpc) is 2.33. The molecule has 1 fully saturated rings. The summed E-state index contributed by atoms with van der Waals surface area (Å²) in [6, 6.07) is 10.4. The molecule has 2 rings (SSSR count). The molecular formula is C14H22N2. The van der Waals surface area contributed by atoms with Crippen LogP contribution >= 0.6 is 0 Å². The van der Waals surface area contributed by atoms with Gasteiger partial charge < -0.3 is 5.32 Å². The lowest BCUT2D eigenvalue weighted by molar-refractivity contribution is 0.147. The van der Waals surface area contributed by atoms with Gasteiger partial charge in [-0.3, -0.25) is 4.90 Å². The Morgan fingerprint density at radius 1 is 1.44 bits per heavy atom. The SMILES string of the molecule is [2H]C([2H])([2H])NC1CN(Cc2ccccc2)CCC1C. The molecule has 0 aliphatic carbocycles. The fourth-order valence-electron chi connectivity index (χ4n) is 2.31. The van der Waals surface area contributed by atoms with E-state index in [2.05, 4.69) is 29.3 Å². The van der Waals surface area contributed by atoms with Crippen molar-refractivity contribution in [1.82, 2.24) is 10.2 Å². The van der Waals surface area contributed by atoms with E-state index >= 15 is 0 Å². The molecule has 1 heterocycles. The van der Waals surface area contributed by atoms with Gasteiger partial charge in [0.2, 0.25) is 0 Å². The largest absolute Gasteiger partial charge is 0.315 e. The van der Waals surface area contributed by atoms with Crippen LogP contribution in [0.1, 0.15) is 23.0 Å². The standard InChI is InChI=1S/C14H22N2/c1-12-8-9-16(11-14(12)15-2)10-13-6-4-3-5-7-13/h3-7,12,14-15H,8-11H2,1-2H3/i2D3. The molecule has 1 N–H and O–H groups in total. The van der Waals surface area contributed by atoms with Crippen LogP contribution in [0.4, 0.5) is 0 Å². The molecule has 2 atom stereocenters. The third-order valence-corrected chi connectivity index (χ3v) is 3.48. The minimum Gasteiger partial charge on any atom is -0.315 e. The third-order valence-electron chi connectivity index (χ3n) is 3.48. The zero-order valence-corrected chi connectivity index (χ0v) is 9.82. The van der Waals surface area contributed by atoms with Crippen molar-refractivity contribution in [1.29, 1.82) is 0 Å². The van der Waals surface area contributed by atoms with Crippen molar-refractivity contribution in [3.8, 4) is 0 Å². The lowest BCUT2D eigenvalue weighted by Crippen LogP contribution is -2.48. The Labute approximate surface area is 103 Å². The van der Waals surface area contributed by atoms with Crippen LogP contribution in [0.25, 0.3) is 0 Å². The quantitative estimate of drug-likeness (QED) is 0.841. The van der Waals surface area contributed by atoms with E-state index in [1.807, 2.05) is 18.2 Å². The first-order valence-electron chi connectivity index (χ1n) is 7.48. The Balaban J connectivity index is 1.93. The first-order valence-corrected chi connectivity index (χ1v) is 5.98. The highest BCUT2D eigenvalue weighted by atomic mass is 15.2. The van der Waals surface area contributed by atoms with Crippen LogP contribution in [0.5, 0.6) is 0 Å². The predicted octanol–water partition coefficient (Wildman–Crippen LogP) is 2.12. The Morgan fingerprint density at radius 2 is 2.25 bits per heavy atom. The van der Waals surface area contributed by atoms with Crippen LogP contribution in [0, 0.1) is 5.92 Å². The van der Waals surface area contributed by atoms with Crippen molar-refractivity contribution in [2.75, 3.05) is 20.1 Å². The van der Waals surface area contributed by atoms with Crippen LogP contribution in [0.3, 0.4) is 0 Å². The van der Waals surface area contributed by atoms with E-state index in [1.165, 1.54) is 5.56 Å². The van der Waals surface area contributed by atoms with Gasteiger partial charge in [0, 0.05) is 23.2 Å². The summed E-state index contributed by atoms with van der Waals surface area (Å²) in [5, 5.41) is 2.78. The van der Waals surface area contributed by atoms with E-state index in [0.29, 0.717) is 5.92 Å². The monoisotopic (exact) mass is 221 g/mol. The van der Waals surface area contributed by atoms with Gasteiger partial charge in [0.1, 0.15) is 0 Å². The van der Waals surface area contributed by atoms with Crippen molar-refractivity contribution in [2.24, 2.45) is 5.92 Å². The number of nitrogens with one attached hydrogen (secondary N) is 1. The van der Waals surface area contributed by atoms with Gasteiger partial charge in [-0.25, -0.2) is 0 Å². The lowest BCUT2D eigenvalue weighted by atomic mass is 9.93. The number of rotatable bonds is 3. The molecule has 0 saturated carbocycles. The minimum absolute atomic E-state index is 0.0463. The molecule has 1 aromatic carbocycles. The van der Waals surface area contributed by atoms with E-state index in [4.69, 9.17) is 4.11 Å². The normalized spacial score (nSPS) is 30.4. The molecule has 2 heteroatoms. The molecule has 1 saturated heterocycles. The first kappa shape index (κ1) is 8.26. The number of nitrogens with zero attached hydrogens (tertiary/aromatic N) is 1. The molecule has 16 heavy (non-hydrogen) atoms. The minimum atomic E-state index is -2.05. The smallest absolute Gasteiger partial charge is 0.0391 e. The molecule has 0 bridgehead atoms. The second kappa shape index (κ2) is 5.46. The highest BCUT2D eigenvalue weighted by Crippen LogP contribution is 2.18. The summed E-state index contributed by atoms with van der Waals surface area (Å²) in [6.45, 7) is 2.81. The average molecular weight is 221 g/mol. The Bertz CT molecular complexity index is 391. The van der Waals surface area contributed by atoms with Crippen molar-refractivity contribution >= 4 is 0 Å². The molecule has 1 aromatic rings. The van der Waals surface area contributed by atoms with E-state index < -0.39 is 6.98 Å². The van der Waals surface area contributed by atoms with Crippen molar-refractivity contribution < 1.29 is 4.11 Å². The van der Waals surface area contributed by atoms with Gasteiger partial charge in [-0.2, -0.15) is 0 Å². The number of hydrogen-bond acceptors (Lipinski definition) is 2. The molecule has 2 nitrogen and oxygen atoms in total. The van der Waals surface area contributed by atoms with E-state index in [9.17, 15) is 0 Å². The summed E-state index contributed by atoms with van der Waals surface area (Å²) in [4.78, 5) is 2.33. The number of piperidine rings is 1. The van der Waals surface area contributed by atoms with E-state index in [1.54, 1.807) is 0 Å². The second-order valence-corrected chi connectivity index (χ2v) is 4.74. The highest BCUT2D eigenvalue weighted by Gasteiger charge is 2.24. The zero-order valence-electron chi connectivity index (χ0n) is 12.8. The summed E-state index contributed by atoms with van der Waals surface area (Å²) in [7, 11) is 0. The number of hydrogen-bond donors (Lipinski definition) is 1. The first-order chi connectivity index (χ1) is 8.94. The lowest BCUT2D eigenvalue weighted by Gasteiger charge is -2.37. The molecule has 0 spiro atoms. The summed E-state index contributed by atoms with van der Waals surface area (Å²) >= 11 is 0. The van der Waals surface area contributed by atoms with Gasteiger partial charge in [-0.05, 0) is 31.4 Å². The molecule has 1 aliphatic rings. The van der Waals surface area contributed by atoms with Crippen LogP contribution < -0.4 is 5.32 Å². The van der Waals surface area contributed by atoms with Crippen LogP contribution in [0.15, 0.2) is 30.3 Å². The summed E-state index contributed by atoms with van der Waals surface area (Å²) in [6.07, 6.45) is 1.04. The second-order valence-electron chi connectivity index (χ2n) is 4.74. The molecular weight excluding hydrogens is 196 g/mol. The van der Waals surface area contributed by atoms with Gasteiger partial charge in [-0.1, -0.05) is 37.3 Å². The van der Waals surface area contributed by atoms with Gasteiger partial charge >= 0.3 is 0 Å². The number of likely N-dealkylation sites (N-methyl/N-ethyl adjacent to an activating group) is 1. The Hall–Kier alpha value is -0.860. The van der Waals surface area contributed by atoms with Gasteiger partial charge in [0.15, 0.2) is 0 Å². The van der Waals surface area contributed by atoms with E-state index in [-0.39, 0.29) is 6.04 Å². The molecule has 2 unspecified atom stereocenters. The molecule has 0 aromatic heterocycles. The molecule has 0 amide bonds. The molecule has 88 valence electrons. The maximum atomic E-state index is 7.35. The topological polar surface area (TPSA) is 15.3 Å². The predicted molar refractivity (Wildman–Crippen MR) is 68.3 cm³/mol. The van der Waals surface area contributed by atoms with Crippen molar-refractivity contribution in [2.45, 2.75) is 25.9 Å². The summed E-state index contributed by atoms with van der Waals surface area (Å²) in [5.41, 5.74) is 1.28. The highest BCUT2D eigenvalue weighted by molar-refractivity contribution is 5.14. The van der Waals surface area contributed by atoms with Gasteiger partial charge in [-0.15, -0.1) is 0 Å². The molecule has 1 aliphatic heterocycles. The van der Waals surface area contributed by atoms with Gasteiger partial charge in [0.25, 0.3) is 0 Å². The zero-order chi connectivity index (χ0) is 13.9. The maximum absolute atomic E-state index is 7.35. The van der Waals surface area contributed by atoms with Crippen molar-refractivity contribution in [3.63, 3.8) is 0 Å². The molecule has 0 radical (unpaired) electrons. The van der Waals surface area contributed by atoms with Crippen LogP contribution in [-0.4, -0.2) is 31.0 Å². The fraction of sp³-hybridized carbons (Fsp3) is 0.571. The number of likely N-dealkylation sites (tertiary alicyclic amines) is 1. The van der Waals surface area contributed by atoms with Crippen LogP contribution in [-0.2, 0) is 6.54 Å². The Kier molecular flexibility index (Phi) is 2.82. The summed E-state index contributed by atoms with van der Waals surface area (Å²) in [5.74, 6) is 0.410. The van der Waals surface area contributed by atoms with E-state index in [0.717, 1.165) is 26.1 Å². The maximum Gasteiger partial charge on any atom is 0.0391 e.